The fraction of sp³-hybridized carbons (Fsp3) is 0.400. The predicted molar refractivity (Wildman–Crippen MR) is 130 cm³/mol. The van der Waals surface area contributed by atoms with E-state index >= 15 is 0 Å². The Hall–Kier alpha value is -2.15. The maximum atomic E-state index is 13.8. The van der Waals surface area contributed by atoms with Gasteiger partial charge in [-0.2, -0.15) is 0 Å². The second-order valence-electron chi connectivity index (χ2n) is 9.85. The largest absolute Gasteiger partial charge is 0.495 e. The van der Waals surface area contributed by atoms with Crippen LogP contribution in [0.4, 0.5) is 4.39 Å². The summed E-state index contributed by atoms with van der Waals surface area (Å²) in [6.45, 7) is 12.1. The van der Waals surface area contributed by atoms with Gasteiger partial charge in [0.25, 0.3) is 0 Å². The van der Waals surface area contributed by atoms with Gasteiger partial charge in [0.2, 0.25) is 0 Å². The maximum absolute atomic E-state index is 13.8. The van der Waals surface area contributed by atoms with Gasteiger partial charge in [-0.15, -0.1) is 0 Å². The minimum absolute atomic E-state index is 0.0819. The Kier molecular flexibility index (Phi) is 5.99. The summed E-state index contributed by atoms with van der Waals surface area (Å²) in [5.74, 6) is 0.351. The van der Waals surface area contributed by atoms with Gasteiger partial charge in [0.05, 0.1) is 35.6 Å². The molecule has 0 saturated heterocycles. The van der Waals surface area contributed by atoms with Crippen LogP contribution < -0.4 is 10.2 Å². The Labute approximate surface area is 195 Å². The molecule has 0 bridgehead atoms. The molecule has 0 fully saturated rings. The number of imidazole rings is 1. The third-order valence-corrected chi connectivity index (χ3v) is 12.4. The van der Waals surface area contributed by atoms with Gasteiger partial charge < -0.3 is 14.0 Å². The van der Waals surface area contributed by atoms with Gasteiger partial charge in [-0.25, -0.2) is 9.37 Å². The van der Waals surface area contributed by atoms with Crippen LogP contribution >= 0.6 is 11.6 Å². The minimum Gasteiger partial charge on any atom is -0.495 e. The molecule has 170 valence electrons. The molecule has 1 aromatic heterocycles. The molecule has 0 radical (unpaired) electrons. The third-order valence-electron chi connectivity index (χ3n) is 6.86. The molecule has 32 heavy (non-hydrogen) atoms. The average Bonchev–Trinajstić information content (AvgIpc) is 3.14. The maximum Gasteiger partial charge on any atom is 0.137 e. The van der Waals surface area contributed by atoms with Crippen LogP contribution in [0.2, 0.25) is 23.2 Å². The molecule has 0 spiro atoms. The number of hydrogen-bond donors (Lipinski definition) is 0. The molecule has 0 N–H and O–H groups in total. The monoisotopic (exact) mass is 472 g/mol. The Morgan fingerprint density at radius 2 is 1.84 bits per heavy atom. The summed E-state index contributed by atoms with van der Waals surface area (Å²) in [4.78, 5) is 5.22. The summed E-state index contributed by atoms with van der Waals surface area (Å²) in [5.41, 5.74) is 4.98. The number of fused-ring (bicyclic) bond motifs is 1. The molecule has 1 aliphatic rings. The highest BCUT2D eigenvalue weighted by molar-refractivity contribution is 6.91. The molecular weight excluding hydrogens is 443 g/mol. The topological polar surface area (TPSA) is 36.3 Å². The van der Waals surface area contributed by atoms with E-state index in [0.29, 0.717) is 17.4 Å². The van der Waals surface area contributed by atoms with Crippen LogP contribution in [0.15, 0.2) is 42.5 Å². The van der Waals surface area contributed by atoms with Gasteiger partial charge in [0, 0.05) is 12.1 Å². The van der Waals surface area contributed by atoms with E-state index < -0.39 is 8.07 Å². The van der Waals surface area contributed by atoms with E-state index in [-0.39, 0.29) is 17.0 Å². The summed E-state index contributed by atoms with van der Waals surface area (Å²) in [7, 11) is -0.430. The number of benzene rings is 2. The molecule has 4 nitrogen and oxygen atoms in total. The molecule has 7 heteroatoms. The number of aromatic nitrogens is 2. The van der Waals surface area contributed by atoms with Crippen molar-refractivity contribution in [3.63, 3.8) is 0 Å². The number of rotatable bonds is 4. The molecule has 0 saturated carbocycles. The fourth-order valence-electron chi connectivity index (χ4n) is 3.98. The summed E-state index contributed by atoms with van der Waals surface area (Å²) in [5, 5.41) is 0.639. The van der Waals surface area contributed by atoms with E-state index in [1.54, 1.807) is 7.11 Å². The number of halogens is 2. The molecular formula is C25H30ClFN2O2Si. The van der Waals surface area contributed by atoms with Crippen LogP contribution in [0, 0.1) is 5.82 Å². The third kappa shape index (κ3) is 3.89. The summed E-state index contributed by atoms with van der Waals surface area (Å²) in [6, 6.07) is 12.4. The predicted octanol–water partition coefficient (Wildman–Crippen LogP) is 6.05. The highest BCUT2D eigenvalue weighted by atomic mass is 35.5. The van der Waals surface area contributed by atoms with Gasteiger partial charge >= 0.3 is 0 Å². The van der Waals surface area contributed by atoms with E-state index in [9.17, 15) is 4.39 Å². The number of ether oxygens (including phenoxy) is 2. The number of methoxy groups -OCH3 is 1. The summed E-state index contributed by atoms with van der Waals surface area (Å²) < 4.78 is 27.8. The van der Waals surface area contributed by atoms with Crippen LogP contribution in [0.25, 0.3) is 5.69 Å². The normalized spacial score (nSPS) is 16.7. The lowest BCUT2D eigenvalue weighted by Gasteiger charge is -2.36. The van der Waals surface area contributed by atoms with Crippen molar-refractivity contribution in [1.29, 1.82) is 0 Å². The van der Waals surface area contributed by atoms with Crippen molar-refractivity contribution in [3.8, 4) is 11.4 Å². The zero-order valence-electron chi connectivity index (χ0n) is 19.5. The zero-order chi connectivity index (χ0) is 23.3. The Morgan fingerprint density at radius 3 is 2.47 bits per heavy atom. The van der Waals surface area contributed by atoms with Crippen LogP contribution in [-0.4, -0.2) is 31.3 Å². The van der Waals surface area contributed by atoms with E-state index in [1.165, 1.54) is 12.1 Å². The molecule has 4 rings (SSSR count). The lowest BCUT2D eigenvalue weighted by atomic mass is 10.0. The molecule has 0 amide bonds. The van der Waals surface area contributed by atoms with E-state index in [1.807, 2.05) is 30.3 Å². The van der Waals surface area contributed by atoms with Gasteiger partial charge in [-0.05, 0) is 47.0 Å². The van der Waals surface area contributed by atoms with Gasteiger partial charge in [0.15, 0.2) is 0 Å². The lowest BCUT2D eigenvalue weighted by molar-refractivity contribution is 0.0648. The average molecular weight is 473 g/mol. The van der Waals surface area contributed by atoms with Crippen LogP contribution in [0.5, 0.6) is 5.75 Å². The van der Waals surface area contributed by atoms with Gasteiger partial charge in [-0.3, -0.25) is 0 Å². The van der Waals surface area contributed by atoms with Crippen molar-refractivity contribution in [1.82, 2.24) is 9.55 Å². The van der Waals surface area contributed by atoms with Gasteiger partial charge in [0.1, 0.15) is 25.7 Å². The first-order valence-corrected chi connectivity index (χ1v) is 14.3. The Morgan fingerprint density at radius 1 is 1.16 bits per heavy atom. The number of hydrogen-bond acceptors (Lipinski definition) is 3. The second kappa shape index (κ2) is 8.32. The zero-order valence-corrected chi connectivity index (χ0v) is 21.3. The molecule has 1 aliphatic heterocycles. The number of nitrogens with zero attached hydrogens (tertiary/aromatic N) is 2. The van der Waals surface area contributed by atoms with Crippen LogP contribution in [0.1, 0.15) is 43.8 Å². The first kappa shape index (κ1) is 23.0. The quantitative estimate of drug-likeness (QED) is 0.433. The van der Waals surface area contributed by atoms with Crippen molar-refractivity contribution in [2.24, 2.45) is 0 Å². The highest BCUT2D eigenvalue weighted by Crippen LogP contribution is 2.40. The van der Waals surface area contributed by atoms with Crippen LogP contribution in [0.3, 0.4) is 0 Å². The Balaban J connectivity index is 1.98. The van der Waals surface area contributed by atoms with Crippen molar-refractivity contribution in [3.05, 3.63) is 70.3 Å². The standard InChI is InChI=1S/C25H30ClFN2O2Si/c1-25(2,3)32(5,6)24-28-20-13-14-31-23(16-7-12-19(26)21(15-16)30-4)22(20)29(24)18-10-8-17(27)9-11-18/h7-12,15,23H,13-14H2,1-6H3. The lowest BCUT2D eigenvalue weighted by Crippen LogP contribution is -2.54. The molecule has 2 heterocycles. The first-order valence-electron chi connectivity index (χ1n) is 10.9. The van der Waals surface area contributed by atoms with E-state index in [0.717, 1.165) is 34.5 Å². The van der Waals surface area contributed by atoms with Crippen molar-refractivity contribution in [2.45, 2.75) is 51.4 Å². The van der Waals surface area contributed by atoms with E-state index in [2.05, 4.69) is 38.4 Å². The van der Waals surface area contributed by atoms with E-state index in [4.69, 9.17) is 26.1 Å². The first-order chi connectivity index (χ1) is 15.0. The smallest absolute Gasteiger partial charge is 0.137 e. The summed E-state index contributed by atoms with van der Waals surface area (Å²) >= 11 is 6.28. The van der Waals surface area contributed by atoms with Gasteiger partial charge in [-0.1, -0.05) is 51.5 Å². The van der Waals surface area contributed by atoms with Crippen LogP contribution in [-0.2, 0) is 11.2 Å². The summed E-state index contributed by atoms with van der Waals surface area (Å²) in [6.07, 6.45) is 0.424. The highest BCUT2D eigenvalue weighted by Gasteiger charge is 2.44. The fourth-order valence-corrected chi connectivity index (χ4v) is 6.07. The SMILES string of the molecule is COc1cc(C2OCCc3nc([Si](C)(C)C(C)(C)C)n(-c4ccc(F)cc4)c32)ccc1Cl. The molecule has 2 aromatic carbocycles. The van der Waals surface area contributed by atoms with Crippen molar-refractivity contribution < 1.29 is 13.9 Å². The van der Waals surface area contributed by atoms with Crippen molar-refractivity contribution in [2.75, 3.05) is 13.7 Å². The Bertz CT molecular complexity index is 1140. The molecule has 1 unspecified atom stereocenters. The molecule has 3 aromatic rings. The molecule has 1 atom stereocenters. The molecule has 0 aliphatic carbocycles. The second-order valence-corrected chi connectivity index (χ2v) is 15.5. The minimum atomic E-state index is -2.04. The van der Waals surface area contributed by atoms with Crippen molar-refractivity contribution >= 4 is 25.1 Å².